The SMILES string of the molecule is CC(CC(=O)O)c1ccc(NC(=O)Cc2ccc3nc(Nc4cccnc4)oc3c2)cn1. The van der Waals surface area contributed by atoms with Gasteiger partial charge in [0, 0.05) is 17.8 Å². The quantitative estimate of drug-likeness (QED) is 0.380. The summed E-state index contributed by atoms with van der Waals surface area (Å²) in [5, 5.41) is 14.7. The van der Waals surface area contributed by atoms with Crippen molar-refractivity contribution < 1.29 is 19.1 Å². The number of hydrogen-bond acceptors (Lipinski definition) is 7. The lowest BCUT2D eigenvalue weighted by Crippen LogP contribution is -2.14. The summed E-state index contributed by atoms with van der Waals surface area (Å²) in [6, 6.07) is 12.9. The molecule has 32 heavy (non-hydrogen) atoms. The van der Waals surface area contributed by atoms with Gasteiger partial charge in [0.25, 0.3) is 6.01 Å². The minimum Gasteiger partial charge on any atom is -0.481 e. The van der Waals surface area contributed by atoms with Crippen LogP contribution < -0.4 is 10.6 Å². The largest absolute Gasteiger partial charge is 0.481 e. The number of carbonyl (C=O) groups is 2. The van der Waals surface area contributed by atoms with E-state index < -0.39 is 5.97 Å². The van der Waals surface area contributed by atoms with Crippen molar-refractivity contribution in [1.29, 1.82) is 0 Å². The number of nitrogens with one attached hydrogen (secondary N) is 2. The van der Waals surface area contributed by atoms with Crippen molar-refractivity contribution in [1.82, 2.24) is 15.0 Å². The number of anilines is 3. The number of carbonyl (C=O) groups excluding carboxylic acids is 1. The Bertz CT molecular complexity index is 1240. The number of oxazole rings is 1. The molecule has 1 amide bonds. The molecule has 0 saturated heterocycles. The highest BCUT2D eigenvalue weighted by molar-refractivity contribution is 5.92. The van der Waals surface area contributed by atoms with Gasteiger partial charge < -0.3 is 20.2 Å². The van der Waals surface area contributed by atoms with Crippen molar-refractivity contribution in [3.05, 3.63) is 72.3 Å². The predicted molar refractivity (Wildman–Crippen MR) is 119 cm³/mol. The van der Waals surface area contributed by atoms with Crippen LogP contribution in [0.15, 0.2) is 65.5 Å². The van der Waals surface area contributed by atoms with E-state index in [-0.39, 0.29) is 24.7 Å². The summed E-state index contributed by atoms with van der Waals surface area (Å²) in [5.74, 6) is -1.28. The molecule has 0 bridgehead atoms. The minimum atomic E-state index is -0.875. The van der Waals surface area contributed by atoms with Gasteiger partial charge in [-0.15, -0.1) is 0 Å². The highest BCUT2D eigenvalue weighted by atomic mass is 16.4. The molecule has 0 aliphatic rings. The molecular formula is C23H21N5O4. The van der Waals surface area contributed by atoms with Crippen LogP contribution in [-0.2, 0) is 16.0 Å². The standard InChI is InChI=1S/C23H21N5O4/c1-14(9-22(30)31)18-7-5-17(13-25-18)26-21(29)11-15-4-6-19-20(10-15)32-23(28-19)27-16-3-2-8-24-12-16/h2-8,10,12-14H,9,11H2,1H3,(H,26,29)(H,27,28)(H,30,31). The fourth-order valence-electron chi connectivity index (χ4n) is 3.22. The lowest BCUT2D eigenvalue weighted by molar-refractivity contribution is -0.137. The van der Waals surface area contributed by atoms with Crippen LogP contribution in [0.3, 0.4) is 0 Å². The lowest BCUT2D eigenvalue weighted by atomic mass is 10.0. The summed E-state index contributed by atoms with van der Waals surface area (Å²) in [5.41, 5.74) is 3.99. The average Bonchev–Trinajstić information content (AvgIpc) is 3.16. The molecule has 1 unspecified atom stereocenters. The smallest absolute Gasteiger partial charge is 0.304 e. The Morgan fingerprint density at radius 3 is 2.72 bits per heavy atom. The van der Waals surface area contributed by atoms with Gasteiger partial charge in [-0.25, -0.2) is 0 Å². The molecule has 3 heterocycles. The van der Waals surface area contributed by atoms with Gasteiger partial charge in [-0.1, -0.05) is 13.0 Å². The molecule has 1 atom stereocenters. The van der Waals surface area contributed by atoms with E-state index in [2.05, 4.69) is 25.6 Å². The Hall–Kier alpha value is -4.27. The molecule has 0 spiro atoms. The van der Waals surface area contributed by atoms with Crippen LogP contribution in [0.25, 0.3) is 11.1 Å². The predicted octanol–water partition coefficient (Wildman–Crippen LogP) is 4.12. The summed E-state index contributed by atoms with van der Waals surface area (Å²) in [4.78, 5) is 36.0. The second-order valence-corrected chi connectivity index (χ2v) is 7.38. The van der Waals surface area contributed by atoms with Gasteiger partial charge in [-0.2, -0.15) is 4.98 Å². The monoisotopic (exact) mass is 431 g/mol. The van der Waals surface area contributed by atoms with Crippen molar-refractivity contribution in [2.45, 2.75) is 25.7 Å². The Morgan fingerprint density at radius 1 is 1.12 bits per heavy atom. The van der Waals surface area contributed by atoms with Crippen LogP contribution in [0.2, 0.25) is 0 Å². The summed E-state index contributed by atoms with van der Waals surface area (Å²) >= 11 is 0. The topological polar surface area (TPSA) is 130 Å². The molecule has 3 aromatic heterocycles. The van der Waals surface area contributed by atoms with Crippen LogP contribution in [0.5, 0.6) is 0 Å². The number of carboxylic acids is 1. The maximum Gasteiger partial charge on any atom is 0.304 e. The fourth-order valence-corrected chi connectivity index (χ4v) is 3.22. The van der Waals surface area contributed by atoms with Gasteiger partial charge >= 0.3 is 5.97 Å². The first-order valence-electron chi connectivity index (χ1n) is 10.0. The molecule has 0 radical (unpaired) electrons. The molecule has 9 heteroatoms. The first-order valence-corrected chi connectivity index (χ1v) is 10.0. The van der Waals surface area contributed by atoms with Gasteiger partial charge in [0.1, 0.15) is 5.52 Å². The van der Waals surface area contributed by atoms with E-state index in [0.29, 0.717) is 28.5 Å². The molecule has 162 valence electrons. The average molecular weight is 431 g/mol. The van der Waals surface area contributed by atoms with E-state index in [1.54, 1.807) is 49.6 Å². The molecule has 1 aromatic carbocycles. The number of fused-ring (bicyclic) bond motifs is 1. The normalized spacial score (nSPS) is 11.8. The van der Waals surface area contributed by atoms with Gasteiger partial charge in [0.15, 0.2) is 5.58 Å². The second-order valence-electron chi connectivity index (χ2n) is 7.38. The fraction of sp³-hybridized carbons (Fsp3) is 0.174. The van der Waals surface area contributed by atoms with Crippen molar-refractivity contribution in [3.63, 3.8) is 0 Å². The third kappa shape index (κ3) is 5.25. The zero-order chi connectivity index (χ0) is 22.5. The van der Waals surface area contributed by atoms with E-state index in [1.807, 2.05) is 12.1 Å². The maximum atomic E-state index is 12.4. The third-order valence-corrected chi connectivity index (χ3v) is 4.79. The Kier molecular flexibility index (Phi) is 6.07. The molecular weight excluding hydrogens is 410 g/mol. The van der Waals surface area contributed by atoms with Crippen LogP contribution in [0.4, 0.5) is 17.4 Å². The molecule has 9 nitrogen and oxygen atoms in total. The number of aliphatic carboxylic acids is 1. The summed E-state index contributed by atoms with van der Waals surface area (Å²) < 4.78 is 5.74. The molecule has 0 fully saturated rings. The number of pyridine rings is 2. The van der Waals surface area contributed by atoms with Crippen molar-refractivity contribution in [2.24, 2.45) is 0 Å². The molecule has 4 aromatic rings. The van der Waals surface area contributed by atoms with Crippen molar-refractivity contribution >= 4 is 40.4 Å². The molecule has 0 aliphatic heterocycles. The zero-order valence-corrected chi connectivity index (χ0v) is 17.3. The maximum absolute atomic E-state index is 12.4. The van der Waals surface area contributed by atoms with Crippen LogP contribution in [0, 0.1) is 0 Å². The number of rotatable bonds is 8. The summed E-state index contributed by atoms with van der Waals surface area (Å²) in [6.07, 6.45) is 5.03. The highest BCUT2D eigenvalue weighted by Crippen LogP contribution is 2.23. The number of amides is 1. The molecule has 0 aliphatic carbocycles. The Morgan fingerprint density at radius 2 is 2.00 bits per heavy atom. The second kappa shape index (κ2) is 9.25. The summed E-state index contributed by atoms with van der Waals surface area (Å²) in [7, 11) is 0. The van der Waals surface area contributed by atoms with E-state index in [9.17, 15) is 9.59 Å². The lowest BCUT2D eigenvalue weighted by Gasteiger charge is -2.10. The number of benzene rings is 1. The van der Waals surface area contributed by atoms with Gasteiger partial charge in [0.05, 0.1) is 36.6 Å². The molecule has 0 saturated carbocycles. The summed E-state index contributed by atoms with van der Waals surface area (Å²) in [6.45, 7) is 1.80. The number of nitrogens with zero attached hydrogens (tertiary/aromatic N) is 3. The molecule has 3 N–H and O–H groups in total. The van der Waals surface area contributed by atoms with Crippen LogP contribution in [0.1, 0.15) is 30.5 Å². The first-order chi connectivity index (χ1) is 15.5. The van der Waals surface area contributed by atoms with Crippen molar-refractivity contribution in [3.8, 4) is 0 Å². The zero-order valence-electron chi connectivity index (χ0n) is 17.3. The van der Waals surface area contributed by atoms with Gasteiger partial charge in [0.2, 0.25) is 5.91 Å². The van der Waals surface area contributed by atoms with Crippen LogP contribution >= 0.6 is 0 Å². The van der Waals surface area contributed by atoms with E-state index in [1.165, 1.54) is 6.20 Å². The Labute approximate surface area is 183 Å². The van der Waals surface area contributed by atoms with Crippen molar-refractivity contribution in [2.75, 3.05) is 10.6 Å². The number of hydrogen-bond donors (Lipinski definition) is 3. The van der Waals surface area contributed by atoms with E-state index >= 15 is 0 Å². The first kappa shape index (κ1) is 21.0. The van der Waals surface area contributed by atoms with Gasteiger partial charge in [-0.05, 0) is 42.0 Å². The molecule has 4 rings (SSSR count). The van der Waals surface area contributed by atoms with Gasteiger partial charge in [-0.3, -0.25) is 19.6 Å². The van der Waals surface area contributed by atoms with E-state index in [4.69, 9.17) is 9.52 Å². The third-order valence-electron chi connectivity index (χ3n) is 4.79. The highest BCUT2D eigenvalue weighted by Gasteiger charge is 2.13. The number of aromatic nitrogens is 3. The number of carboxylic acid groups (broad SMARTS) is 1. The van der Waals surface area contributed by atoms with Crippen LogP contribution in [-0.4, -0.2) is 31.9 Å². The Balaban J connectivity index is 1.38. The van der Waals surface area contributed by atoms with E-state index in [0.717, 1.165) is 11.3 Å². The minimum absolute atomic E-state index is 0.00227.